The van der Waals surface area contributed by atoms with Crippen LogP contribution < -0.4 is 4.74 Å². The number of halogens is 1. The van der Waals surface area contributed by atoms with E-state index in [-0.39, 0.29) is 0 Å². The Balaban J connectivity index is 1.56. The van der Waals surface area contributed by atoms with E-state index in [1.807, 2.05) is 5.51 Å². The van der Waals surface area contributed by atoms with Crippen LogP contribution in [-0.2, 0) is 12.8 Å². The van der Waals surface area contributed by atoms with E-state index in [2.05, 4.69) is 47.1 Å². The molecule has 1 aliphatic rings. The normalized spacial score (nSPS) is 16.4. The maximum atomic E-state index is 6.31. The van der Waals surface area contributed by atoms with E-state index < -0.39 is 0 Å². The van der Waals surface area contributed by atoms with Crippen LogP contribution in [0.3, 0.4) is 0 Å². The second-order valence-electron chi connectivity index (χ2n) is 6.55. The SMILES string of the molecule is COc1cc2c(cc1Cl)CCN([C@H](C)c1ccc3scnc3c1)CC2. The van der Waals surface area contributed by atoms with Crippen molar-refractivity contribution in [3.8, 4) is 5.75 Å². The minimum atomic E-state index is 0.373. The Bertz CT molecular complexity index is 908. The Morgan fingerprint density at radius 2 is 1.92 bits per heavy atom. The van der Waals surface area contributed by atoms with Gasteiger partial charge >= 0.3 is 0 Å². The molecule has 3 nitrogen and oxygen atoms in total. The van der Waals surface area contributed by atoms with Gasteiger partial charge in [0.05, 0.1) is 27.9 Å². The summed E-state index contributed by atoms with van der Waals surface area (Å²) in [6.45, 7) is 4.36. The molecule has 0 unspecified atom stereocenters. The molecule has 0 saturated carbocycles. The Kier molecular flexibility index (Phi) is 4.67. The Morgan fingerprint density at radius 3 is 2.68 bits per heavy atom. The highest BCUT2D eigenvalue weighted by atomic mass is 35.5. The summed E-state index contributed by atoms with van der Waals surface area (Å²) in [6.07, 6.45) is 2.04. The molecule has 130 valence electrons. The number of fused-ring (bicyclic) bond motifs is 2. The summed E-state index contributed by atoms with van der Waals surface area (Å²) in [5.41, 5.74) is 7.05. The molecule has 1 aliphatic heterocycles. The number of thiazole rings is 1. The van der Waals surface area contributed by atoms with E-state index in [4.69, 9.17) is 16.3 Å². The third kappa shape index (κ3) is 3.26. The van der Waals surface area contributed by atoms with Crippen molar-refractivity contribution in [2.45, 2.75) is 25.8 Å². The molecule has 2 aromatic carbocycles. The van der Waals surface area contributed by atoms with Crippen LogP contribution in [0.25, 0.3) is 10.2 Å². The van der Waals surface area contributed by atoms with Gasteiger partial charge < -0.3 is 4.74 Å². The van der Waals surface area contributed by atoms with E-state index in [1.165, 1.54) is 21.4 Å². The standard InChI is InChI=1S/C20H21ClN2OS/c1-13(14-3-4-20-18(10-14)22-12-25-20)23-7-5-15-9-17(21)19(24-2)11-16(15)6-8-23/h3-4,9-13H,5-8H2,1-2H3/t13-/m1/s1. The molecule has 4 rings (SSSR count). The maximum absolute atomic E-state index is 6.31. The Hall–Kier alpha value is -1.62. The van der Waals surface area contributed by atoms with Crippen molar-refractivity contribution in [2.75, 3.05) is 20.2 Å². The van der Waals surface area contributed by atoms with Crippen LogP contribution in [0, 0.1) is 0 Å². The second kappa shape index (κ2) is 6.94. The predicted octanol–water partition coefficient (Wildman–Crippen LogP) is 5.12. The number of methoxy groups -OCH3 is 1. The molecular formula is C20H21ClN2OS. The summed E-state index contributed by atoms with van der Waals surface area (Å²) in [6, 6.07) is 11.2. The number of hydrogen-bond acceptors (Lipinski definition) is 4. The number of nitrogens with zero attached hydrogens (tertiary/aromatic N) is 2. The molecular weight excluding hydrogens is 352 g/mol. The van der Waals surface area contributed by atoms with Crippen LogP contribution in [0.15, 0.2) is 35.8 Å². The average molecular weight is 373 g/mol. The quantitative estimate of drug-likeness (QED) is 0.638. The molecule has 0 aliphatic carbocycles. The molecule has 0 bridgehead atoms. The van der Waals surface area contributed by atoms with Crippen molar-refractivity contribution in [1.29, 1.82) is 0 Å². The lowest BCUT2D eigenvalue weighted by molar-refractivity contribution is 0.221. The van der Waals surface area contributed by atoms with Crippen LogP contribution in [0.2, 0.25) is 5.02 Å². The summed E-state index contributed by atoms with van der Waals surface area (Å²) in [5.74, 6) is 0.774. The molecule has 0 amide bonds. The third-order valence-corrected chi connectivity index (χ3v) is 6.30. The van der Waals surface area contributed by atoms with Crippen molar-refractivity contribution in [3.63, 3.8) is 0 Å². The fourth-order valence-corrected chi connectivity index (χ4v) is 4.55. The third-order valence-electron chi connectivity index (χ3n) is 5.20. The van der Waals surface area contributed by atoms with Crippen molar-refractivity contribution >= 4 is 33.2 Å². The summed E-state index contributed by atoms with van der Waals surface area (Å²) >= 11 is 8.00. The lowest BCUT2D eigenvalue weighted by atomic mass is 10.0. The highest BCUT2D eigenvalue weighted by Crippen LogP contribution is 2.32. The molecule has 2 heterocycles. The van der Waals surface area contributed by atoms with E-state index in [0.717, 1.165) is 37.2 Å². The topological polar surface area (TPSA) is 25.4 Å². The summed E-state index contributed by atoms with van der Waals surface area (Å²) in [5, 5.41) is 0.705. The van der Waals surface area contributed by atoms with Crippen molar-refractivity contribution < 1.29 is 4.74 Å². The van der Waals surface area contributed by atoms with Gasteiger partial charge in [-0.3, -0.25) is 4.90 Å². The van der Waals surface area contributed by atoms with Crippen molar-refractivity contribution in [1.82, 2.24) is 9.88 Å². The van der Waals surface area contributed by atoms with Crippen molar-refractivity contribution in [3.05, 3.63) is 57.6 Å². The van der Waals surface area contributed by atoms with Gasteiger partial charge in [-0.1, -0.05) is 17.7 Å². The highest BCUT2D eigenvalue weighted by molar-refractivity contribution is 7.16. The van der Waals surface area contributed by atoms with Crippen LogP contribution in [0.4, 0.5) is 0 Å². The molecule has 0 spiro atoms. The fourth-order valence-electron chi connectivity index (χ4n) is 3.63. The molecule has 0 saturated heterocycles. The summed E-state index contributed by atoms with van der Waals surface area (Å²) in [4.78, 5) is 7.01. The van der Waals surface area contributed by atoms with Crippen LogP contribution in [-0.4, -0.2) is 30.1 Å². The number of rotatable bonds is 3. The fraction of sp³-hybridized carbons (Fsp3) is 0.350. The maximum Gasteiger partial charge on any atom is 0.137 e. The lowest BCUT2D eigenvalue weighted by Crippen LogP contribution is -2.29. The molecule has 1 aromatic heterocycles. The molecule has 0 fully saturated rings. The minimum absolute atomic E-state index is 0.373. The van der Waals surface area contributed by atoms with Gasteiger partial charge in [0.15, 0.2) is 0 Å². The van der Waals surface area contributed by atoms with Gasteiger partial charge in [-0.25, -0.2) is 4.98 Å². The molecule has 5 heteroatoms. The first-order valence-corrected chi connectivity index (χ1v) is 9.84. The van der Waals surface area contributed by atoms with Gasteiger partial charge in [-0.2, -0.15) is 0 Å². The van der Waals surface area contributed by atoms with Gasteiger partial charge in [0.1, 0.15) is 5.75 Å². The zero-order valence-electron chi connectivity index (χ0n) is 14.5. The Morgan fingerprint density at radius 1 is 1.16 bits per heavy atom. The molecule has 0 N–H and O–H groups in total. The first kappa shape index (κ1) is 16.8. The van der Waals surface area contributed by atoms with Crippen molar-refractivity contribution in [2.24, 2.45) is 0 Å². The van der Waals surface area contributed by atoms with Gasteiger partial charge in [0.2, 0.25) is 0 Å². The van der Waals surface area contributed by atoms with E-state index in [1.54, 1.807) is 18.4 Å². The molecule has 1 atom stereocenters. The number of hydrogen-bond donors (Lipinski definition) is 0. The highest BCUT2D eigenvalue weighted by Gasteiger charge is 2.21. The number of ether oxygens (including phenoxy) is 1. The van der Waals surface area contributed by atoms with E-state index in [0.29, 0.717) is 11.1 Å². The monoisotopic (exact) mass is 372 g/mol. The largest absolute Gasteiger partial charge is 0.495 e. The van der Waals surface area contributed by atoms with Gasteiger partial charge in [-0.05, 0) is 60.7 Å². The van der Waals surface area contributed by atoms with Gasteiger partial charge in [-0.15, -0.1) is 11.3 Å². The molecule has 25 heavy (non-hydrogen) atoms. The average Bonchev–Trinajstić information content (AvgIpc) is 3.00. The number of benzene rings is 2. The van der Waals surface area contributed by atoms with E-state index in [9.17, 15) is 0 Å². The summed E-state index contributed by atoms with van der Waals surface area (Å²) in [7, 11) is 1.67. The second-order valence-corrected chi connectivity index (χ2v) is 7.84. The van der Waals surface area contributed by atoms with Crippen LogP contribution in [0.1, 0.15) is 29.7 Å². The number of aromatic nitrogens is 1. The van der Waals surface area contributed by atoms with Crippen LogP contribution in [0.5, 0.6) is 5.75 Å². The van der Waals surface area contributed by atoms with Gasteiger partial charge in [0, 0.05) is 19.1 Å². The molecule has 0 radical (unpaired) electrons. The Labute approximate surface area is 157 Å². The van der Waals surface area contributed by atoms with Gasteiger partial charge in [0.25, 0.3) is 0 Å². The lowest BCUT2D eigenvalue weighted by Gasteiger charge is -2.28. The first-order chi connectivity index (χ1) is 12.2. The summed E-state index contributed by atoms with van der Waals surface area (Å²) < 4.78 is 6.63. The molecule has 3 aromatic rings. The zero-order chi connectivity index (χ0) is 17.4. The van der Waals surface area contributed by atoms with E-state index >= 15 is 0 Å². The first-order valence-electron chi connectivity index (χ1n) is 8.58. The minimum Gasteiger partial charge on any atom is -0.495 e. The van der Waals surface area contributed by atoms with Crippen LogP contribution >= 0.6 is 22.9 Å². The zero-order valence-corrected chi connectivity index (χ0v) is 16.0. The smallest absolute Gasteiger partial charge is 0.137 e. The predicted molar refractivity (Wildman–Crippen MR) is 105 cm³/mol.